The van der Waals surface area contributed by atoms with Gasteiger partial charge in [-0.3, -0.25) is 4.79 Å². The number of carbonyl (C=O) groups is 1. The van der Waals surface area contributed by atoms with Gasteiger partial charge in [0.25, 0.3) is 0 Å². The molecule has 1 saturated heterocycles. The molecule has 2 N–H and O–H groups in total. The number of nitrogens with two attached hydrogens (primary N) is 1. The first-order chi connectivity index (χ1) is 9.24. The molecule has 2 rings (SSSR count). The van der Waals surface area contributed by atoms with Crippen molar-refractivity contribution in [2.24, 2.45) is 11.7 Å². The molecule has 0 amide bonds. The number of esters is 1. The van der Waals surface area contributed by atoms with E-state index in [0.717, 1.165) is 37.2 Å². The molecule has 1 aliphatic heterocycles. The third-order valence-corrected chi connectivity index (χ3v) is 3.55. The maximum atomic E-state index is 11.8. The van der Waals surface area contributed by atoms with E-state index >= 15 is 0 Å². The van der Waals surface area contributed by atoms with Gasteiger partial charge in [0.05, 0.1) is 12.5 Å². The second-order valence-electron chi connectivity index (χ2n) is 4.91. The van der Waals surface area contributed by atoms with E-state index in [-0.39, 0.29) is 11.9 Å². The van der Waals surface area contributed by atoms with Gasteiger partial charge in [0.1, 0.15) is 0 Å². The van der Waals surface area contributed by atoms with E-state index in [2.05, 4.69) is 17.0 Å². The third-order valence-electron chi connectivity index (χ3n) is 3.55. The zero-order valence-electron chi connectivity index (χ0n) is 11.5. The van der Waals surface area contributed by atoms with Crippen molar-refractivity contribution in [1.29, 1.82) is 0 Å². The average molecular weight is 262 g/mol. The van der Waals surface area contributed by atoms with E-state index in [1.807, 2.05) is 19.1 Å². The van der Waals surface area contributed by atoms with Crippen LogP contribution in [0.3, 0.4) is 0 Å². The Morgan fingerprint density at radius 3 is 3.11 bits per heavy atom. The van der Waals surface area contributed by atoms with Crippen molar-refractivity contribution in [3.63, 3.8) is 0 Å². The molecule has 0 aromatic heterocycles. The van der Waals surface area contributed by atoms with Gasteiger partial charge in [-0.1, -0.05) is 12.1 Å². The SMILES string of the molecule is CCOC(=O)C1CCCN(c2cccc(CN)c2)C1. The molecule has 104 valence electrons. The maximum Gasteiger partial charge on any atom is 0.310 e. The van der Waals surface area contributed by atoms with Gasteiger partial charge in [-0.05, 0) is 37.5 Å². The van der Waals surface area contributed by atoms with Crippen molar-refractivity contribution in [1.82, 2.24) is 0 Å². The van der Waals surface area contributed by atoms with Crippen LogP contribution in [-0.2, 0) is 16.1 Å². The van der Waals surface area contributed by atoms with Crippen LogP contribution in [-0.4, -0.2) is 25.7 Å². The van der Waals surface area contributed by atoms with Crippen molar-refractivity contribution in [2.45, 2.75) is 26.3 Å². The maximum absolute atomic E-state index is 11.8. The second kappa shape index (κ2) is 6.57. The minimum atomic E-state index is -0.0674. The Morgan fingerprint density at radius 2 is 2.37 bits per heavy atom. The summed E-state index contributed by atoms with van der Waals surface area (Å²) in [5, 5.41) is 0. The summed E-state index contributed by atoms with van der Waals surface area (Å²) < 4.78 is 5.12. The molecule has 0 radical (unpaired) electrons. The first-order valence-corrected chi connectivity index (χ1v) is 6.95. The lowest BCUT2D eigenvalue weighted by molar-refractivity contribution is -0.148. The third kappa shape index (κ3) is 3.47. The fourth-order valence-electron chi connectivity index (χ4n) is 2.54. The highest BCUT2D eigenvalue weighted by atomic mass is 16.5. The molecule has 0 spiro atoms. The molecule has 4 nitrogen and oxygen atoms in total. The quantitative estimate of drug-likeness (QED) is 0.842. The van der Waals surface area contributed by atoms with Gasteiger partial charge in [-0.2, -0.15) is 0 Å². The number of hydrogen-bond donors (Lipinski definition) is 1. The standard InChI is InChI=1S/C15H22N2O2/c1-2-19-15(18)13-6-4-8-17(11-13)14-7-3-5-12(9-14)10-16/h3,5,7,9,13H,2,4,6,8,10-11,16H2,1H3. The van der Waals surface area contributed by atoms with Crippen LogP contribution in [0.2, 0.25) is 0 Å². The molecule has 1 aliphatic rings. The van der Waals surface area contributed by atoms with E-state index in [1.165, 1.54) is 0 Å². The van der Waals surface area contributed by atoms with Gasteiger partial charge in [0.2, 0.25) is 0 Å². The Bertz CT molecular complexity index is 434. The molecule has 1 unspecified atom stereocenters. The first-order valence-electron chi connectivity index (χ1n) is 6.95. The van der Waals surface area contributed by atoms with Crippen LogP contribution in [0.25, 0.3) is 0 Å². The fraction of sp³-hybridized carbons (Fsp3) is 0.533. The summed E-state index contributed by atoms with van der Waals surface area (Å²) in [5.74, 6) is -0.0718. The van der Waals surface area contributed by atoms with Gasteiger partial charge in [0, 0.05) is 25.3 Å². The summed E-state index contributed by atoms with van der Waals surface area (Å²) in [6.45, 7) is 4.58. The van der Waals surface area contributed by atoms with Crippen molar-refractivity contribution in [3.05, 3.63) is 29.8 Å². The van der Waals surface area contributed by atoms with E-state index in [4.69, 9.17) is 10.5 Å². The smallest absolute Gasteiger partial charge is 0.310 e. The lowest BCUT2D eigenvalue weighted by Gasteiger charge is -2.33. The topological polar surface area (TPSA) is 55.6 Å². The van der Waals surface area contributed by atoms with Crippen LogP contribution >= 0.6 is 0 Å². The summed E-state index contributed by atoms with van der Waals surface area (Å²) in [7, 11) is 0. The predicted octanol–water partition coefficient (Wildman–Crippen LogP) is 1.92. The lowest BCUT2D eigenvalue weighted by atomic mass is 9.97. The van der Waals surface area contributed by atoms with E-state index in [1.54, 1.807) is 0 Å². The van der Waals surface area contributed by atoms with E-state index in [9.17, 15) is 4.79 Å². The molecular weight excluding hydrogens is 240 g/mol. The highest BCUT2D eigenvalue weighted by molar-refractivity contribution is 5.73. The van der Waals surface area contributed by atoms with Gasteiger partial charge < -0.3 is 15.4 Å². The van der Waals surface area contributed by atoms with Crippen molar-refractivity contribution in [2.75, 3.05) is 24.6 Å². The Balaban J connectivity index is 2.05. The molecule has 1 heterocycles. The average Bonchev–Trinajstić information content (AvgIpc) is 2.48. The van der Waals surface area contributed by atoms with Gasteiger partial charge in [0.15, 0.2) is 0 Å². The second-order valence-corrected chi connectivity index (χ2v) is 4.91. The number of rotatable bonds is 4. The normalized spacial score (nSPS) is 19.3. The molecular formula is C15H22N2O2. The van der Waals surface area contributed by atoms with Crippen molar-refractivity contribution < 1.29 is 9.53 Å². The molecule has 0 aliphatic carbocycles. The molecule has 1 fully saturated rings. The summed E-state index contributed by atoms with van der Waals surface area (Å²) in [5.41, 5.74) is 7.94. The monoisotopic (exact) mass is 262 g/mol. The van der Waals surface area contributed by atoms with Crippen LogP contribution in [0.4, 0.5) is 5.69 Å². The lowest BCUT2D eigenvalue weighted by Crippen LogP contribution is -2.39. The van der Waals surface area contributed by atoms with Gasteiger partial charge >= 0.3 is 5.97 Å². The van der Waals surface area contributed by atoms with Gasteiger partial charge in [-0.15, -0.1) is 0 Å². The molecule has 1 aromatic carbocycles. The number of piperidine rings is 1. The number of anilines is 1. The molecule has 19 heavy (non-hydrogen) atoms. The highest BCUT2D eigenvalue weighted by Crippen LogP contribution is 2.24. The molecule has 0 saturated carbocycles. The summed E-state index contributed by atoms with van der Waals surface area (Å²) in [6.07, 6.45) is 1.95. The van der Waals surface area contributed by atoms with E-state index in [0.29, 0.717) is 13.2 Å². The van der Waals surface area contributed by atoms with Crippen molar-refractivity contribution >= 4 is 11.7 Å². The zero-order valence-corrected chi connectivity index (χ0v) is 11.5. The summed E-state index contributed by atoms with van der Waals surface area (Å²) in [6, 6.07) is 8.22. The minimum absolute atomic E-state index is 0.00441. The molecule has 1 atom stereocenters. The van der Waals surface area contributed by atoms with Crippen LogP contribution in [0, 0.1) is 5.92 Å². The number of benzene rings is 1. The zero-order chi connectivity index (χ0) is 13.7. The largest absolute Gasteiger partial charge is 0.466 e. The minimum Gasteiger partial charge on any atom is -0.466 e. The number of hydrogen-bond acceptors (Lipinski definition) is 4. The van der Waals surface area contributed by atoms with Crippen LogP contribution in [0.15, 0.2) is 24.3 Å². The molecule has 1 aromatic rings. The predicted molar refractivity (Wildman–Crippen MR) is 75.9 cm³/mol. The van der Waals surface area contributed by atoms with Crippen LogP contribution in [0.1, 0.15) is 25.3 Å². The summed E-state index contributed by atoms with van der Waals surface area (Å²) in [4.78, 5) is 14.1. The highest BCUT2D eigenvalue weighted by Gasteiger charge is 2.26. The van der Waals surface area contributed by atoms with Crippen LogP contribution in [0.5, 0.6) is 0 Å². The van der Waals surface area contributed by atoms with Crippen molar-refractivity contribution in [3.8, 4) is 0 Å². The Hall–Kier alpha value is -1.55. The number of nitrogens with zero attached hydrogens (tertiary/aromatic N) is 1. The fourth-order valence-corrected chi connectivity index (χ4v) is 2.54. The Morgan fingerprint density at radius 1 is 1.53 bits per heavy atom. The first kappa shape index (κ1) is 13.9. The summed E-state index contributed by atoms with van der Waals surface area (Å²) >= 11 is 0. The molecule has 0 bridgehead atoms. The van der Waals surface area contributed by atoms with E-state index < -0.39 is 0 Å². The number of ether oxygens (including phenoxy) is 1. The molecule has 4 heteroatoms. The number of carbonyl (C=O) groups excluding carboxylic acids is 1. The van der Waals surface area contributed by atoms with Crippen LogP contribution < -0.4 is 10.6 Å². The Labute approximate surface area is 114 Å². The Kier molecular flexibility index (Phi) is 4.80. The van der Waals surface area contributed by atoms with Gasteiger partial charge in [-0.25, -0.2) is 0 Å².